The van der Waals surface area contributed by atoms with Gasteiger partial charge in [0.05, 0.1) is 25.5 Å². The smallest absolute Gasteiger partial charge is 0.434 e. The predicted molar refractivity (Wildman–Crippen MR) is 151 cm³/mol. The number of carbonyl (C=O) groups is 1. The molecule has 43 heavy (non-hydrogen) atoms. The van der Waals surface area contributed by atoms with Crippen LogP contribution in [0.4, 0.5) is 19.0 Å². The van der Waals surface area contributed by atoms with Crippen LogP contribution in [-0.2, 0) is 17.5 Å². The summed E-state index contributed by atoms with van der Waals surface area (Å²) in [5.74, 6) is 1.45. The van der Waals surface area contributed by atoms with Crippen molar-refractivity contribution in [3.8, 4) is 34.4 Å². The zero-order chi connectivity index (χ0) is 30.7. The van der Waals surface area contributed by atoms with E-state index >= 15 is 0 Å². The zero-order valence-electron chi connectivity index (χ0n) is 24.3. The summed E-state index contributed by atoms with van der Waals surface area (Å²) in [6, 6.07) is 6.70. The molecule has 1 saturated carbocycles. The molecule has 2 aliphatic rings. The Morgan fingerprint density at radius 3 is 2.44 bits per heavy atom. The minimum Gasteiger partial charge on any atom is -0.480 e. The number of alkyl halides is 3. The average molecular weight is 594 g/mol. The molecule has 1 aliphatic heterocycles. The second kappa shape index (κ2) is 10.3. The average Bonchev–Trinajstić information content (AvgIpc) is 3.71. The molecule has 1 aliphatic carbocycles. The maximum absolute atomic E-state index is 13.6. The van der Waals surface area contributed by atoms with E-state index in [0.717, 1.165) is 30.3 Å². The van der Waals surface area contributed by atoms with Gasteiger partial charge in [-0.2, -0.15) is 13.2 Å². The van der Waals surface area contributed by atoms with E-state index in [0.29, 0.717) is 28.6 Å². The molecular weight excluding hydrogens is 563 g/mol. The third-order valence-corrected chi connectivity index (χ3v) is 7.47. The highest BCUT2D eigenvalue weighted by molar-refractivity contribution is 6.01. The Balaban J connectivity index is 1.36. The lowest BCUT2D eigenvalue weighted by molar-refractivity contribution is -0.141. The second-order valence-corrected chi connectivity index (χ2v) is 11.4. The monoisotopic (exact) mass is 593 g/mol. The first-order valence-corrected chi connectivity index (χ1v) is 13.9. The van der Waals surface area contributed by atoms with Gasteiger partial charge in [-0.1, -0.05) is 24.3 Å². The van der Waals surface area contributed by atoms with Gasteiger partial charge in [0.1, 0.15) is 17.7 Å². The molecule has 224 valence electrons. The zero-order valence-corrected chi connectivity index (χ0v) is 24.3. The number of fused-ring (bicyclic) bond motifs is 1. The van der Waals surface area contributed by atoms with E-state index in [1.54, 1.807) is 52.0 Å². The Hall–Kier alpha value is -4.55. The van der Waals surface area contributed by atoms with Crippen molar-refractivity contribution >= 4 is 11.7 Å². The molecule has 0 unspecified atom stereocenters. The third kappa shape index (κ3) is 5.28. The number of amides is 1. The molecule has 1 amide bonds. The minimum atomic E-state index is -4.55. The topological polar surface area (TPSA) is 108 Å². The predicted octanol–water partition coefficient (Wildman–Crippen LogP) is 5.99. The van der Waals surface area contributed by atoms with E-state index in [1.165, 1.54) is 29.1 Å². The number of ether oxygens (including phenoxy) is 2. The lowest BCUT2D eigenvalue weighted by atomic mass is 10.0. The fourth-order valence-corrected chi connectivity index (χ4v) is 5.13. The van der Waals surface area contributed by atoms with Crippen LogP contribution in [0.2, 0.25) is 0 Å². The molecule has 4 heterocycles. The number of halogens is 3. The normalized spacial score (nSPS) is 16.3. The van der Waals surface area contributed by atoms with Crippen LogP contribution in [0.5, 0.6) is 11.6 Å². The van der Waals surface area contributed by atoms with Gasteiger partial charge in [0.2, 0.25) is 5.88 Å². The van der Waals surface area contributed by atoms with E-state index in [4.69, 9.17) is 14.5 Å². The molecule has 0 radical (unpaired) electrons. The Bertz CT molecular complexity index is 1700. The van der Waals surface area contributed by atoms with Crippen molar-refractivity contribution < 1.29 is 27.4 Å². The molecule has 1 fully saturated rings. The number of hydrogen-bond donors (Lipinski definition) is 0. The van der Waals surface area contributed by atoms with Gasteiger partial charge in [-0.15, -0.1) is 0 Å². The van der Waals surface area contributed by atoms with E-state index in [1.807, 2.05) is 0 Å². The molecule has 4 aromatic rings. The SMILES string of the molecule is COc1ncnc(C2CC2)c1-c1ncc2c(n1)N(Cc1ccc(-c3nc(C(F)(F)F)cn3C(C)C)cc1)C(=O)C(C)(C)O2. The Labute approximate surface area is 245 Å². The van der Waals surface area contributed by atoms with Crippen molar-refractivity contribution in [1.82, 2.24) is 29.5 Å². The van der Waals surface area contributed by atoms with Crippen LogP contribution in [-0.4, -0.2) is 48.1 Å². The first-order valence-electron chi connectivity index (χ1n) is 13.9. The standard InChI is InChI=1S/C30H30F3N7O3/c1-16(2)39-14-21(30(31,32)33)37-25(39)19-8-6-17(7-9-19)13-40-26-20(43-29(3,4)28(40)41)12-34-24(38-26)22-23(18-10-11-18)35-15-36-27(22)42-5/h6-9,12,14-16,18H,10-11,13H2,1-5H3. The number of methoxy groups -OCH3 is 1. The molecule has 6 rings (SSSR count). The van der Waals surface area contributed by atoms with Crippen LogP contribution in [0.25, 0.3) is 22.8 Å². The van der Waals surface area contributed by atoms with Crippen molar-refractivity contribution in [2.75, 3.05) is 12.0 Å². The summed E-state index contributed by atoms with van der Waals surface area (Å²) >= 11 is 0. The number of hydrogen-bond acceptors (Lipinski definition) is 8. The van der Waals surface area contributed by atoms with Gasteiger partial charge in [0, 0.05) is 23.7 Å². The Morgan fingerprint density at radius 2 is 1.81 bits per heavy atom. The van der Waals surface area contributed by atoms with Gasteiger partial charge in [-0.05, 0) is 46.1 Å². The van der Waals surface area contributed by atoms with E-state index in [-0.39, 0.29) is 36.1 Å². The molecule has 1 aromatic carbocycles. The fourth-order valence-electron chi connectivity index (χ4n) is 5.13. The highest BCUT2D eigenvalue weighted by atomic mass is 19.4. The van der Waals surface area contributed by atoms with Gasteiger partial charge < -0.3 is 14.0 Å². The summed E-state index contributed by atoms with van der Waals surface area (Å²) in [6.07, 6.45) is 1.45. The van der Waals surface area contributed by atoms with Gasteiger partial charge in [-0.3, -0.25) is 9.69 Å². The second-order valence-electron chi connectivity index (χ2n) is 11.4. The van der Waals surface area contributed by atoms with Crippen molar-refractivity contribution in [3.05, 3.63) is 59.9 Å². The summed E-state index contributed by atoms with van der Waals surface area (Å²) in [5, 5.41) is 0. The first-order chi connectivity index (χ1) is 20.4. The molecule has 0 N–H and O–H groups in total. The van der Waals surface area contributed by atoms with E-state index in [2.05, 4.69) is 19.9 Å². The van der Waals surface area contributed by atoms with Crippen LogP contribution in [0.15, 0.2) is 43.0 Å². The van der Waals surface area contributed by atoms with Crippen molar-refractivity contribution in [1.29, 1.82) is 0 Å². The molecular formula is C30H30F3N7O3. The number of imidazole rings is 1. The lowest BCUT2D eigenvalue weighted by Crippen LogP contribution is -2.52. The summed E-state index contributed by atoms with van der Waals surface area (Å²) < 4.78 is 53.2. The molecule has 0 atom stereocenters. The van der Waals surface area contributed by atoms with Crippen molar-refractivity contribution in [3.63, 3.8) is 0 Å². The van der Waals surface area contributed by atoms with Gasteiger partial charge in [-0.25, -0.2) is 24.9 Å². The number of anilines is 1. The first kappa shape index (κ1) is 28.6. The quantitative estimate of drug-likeness (QED) is 0.257. The molecule has 3 aromatic heterocycles. The number of nitrogens with zero attached hydrogens (tertiary/aromatic N) is 7. The third-order valence-electron chi connectivity index (χ3n) is 7.47. The number of carbonyl (C=O) groups excluding carboxylic acids is 1. The van der Waals surface area contributed by atoms with E-state index < -0.39 is 17.5 Å². The largest absolute Gasteiger partial charge is 0.480 e. The summed E-state index contributed by atoms with van der Waals surface area (Å²) in [6.45, 7) is 7.07. The number of aromatic nitrogens is 6. The highest BCUT2D eigenvalue weighted by Gasteiger charge is 2.43. The van der Waals surface area contributed by atoms with Crippen molar-refractivity contribution in [2.24, 2.45) is 0 Å². The maximum atomic E-state index is 13.6. The maximum Gasteiger partial charge on any atom is 0.434 e. The molecule has 13 heteroatoms. The molecule has 10 nitrogen and oxygen atoms in total. The van der Waals surface area contributed by atoms with Crippen LogP contribution < -0.4 is 14.4 Å². The fraction of sp³-hybridized carbons (Fsp3) is 0.400. The van der Waals surface area contributed by atoms with Gasteiger partial charge >= 0.3 is 6.18 Å². The molecule has 0 bridgehead atoms. The molecule has 0 spiro atoms. The Morgan fingerprint density at radius 1 is 1.09 bits per heavy atom. The van der Waals surface area contributed by atoms with Crippen molar-refractivity contribution in [2.45, 2.75) is 70.8 Å². The summed E-state index contributed by atoms with van der Waals surface area (Å²) in [5.41, 5.74) is 0.509. The minimum absolute atomic E-state index is 0.139. The van der Waals surface area contributed by atoms with Crippen LogP contribution >= 0.6 is 0 Å². The lowest BCUT2D eigenvalue weighted by Gasteiger charge is -2.37. The van der Waals surface area contributed by atoms with Crippen LogP contribution in [0, 0.1) is 0 Å². The van der Waals surface area contributed by atoms with Crippen LogP contribution in [0.3, 0.4) is 0 Å². The van der Waals surface area contributed by atoms with Crippen LogP contribution in [0.1, 0.15) is 69.4 Å². The van der Waals surface area contributed by atoms with Gasteiger partial charge in [0.25, 0.3) is 5.91 Å². The summed E-state index contributed by atoms with van der Waals surface area (Å²) in [7, 11) is 1.52. The van der Waals surface area contributed by atoms with E-state index in [9.17, 15) is 18.0 Å². The number of rotatable bonds is 7. The highest BCUT2D eigenvalue weighted by Crippen LogP contribution is 2.46. The number of benzene rings is 1. The summed E-state index contributed by atoms with van der Waals surface area (Å²) in [4.78, 5) is 37.1. The van der Waals surface area contributed by atoms with Gasteiger partial charge in [0.15, 0.2) is 28.7 Å². The molecule has 0 saturated heterocycles. The Kier molecular flexibility index (Phi) is 6.85.